The largest absolute Gasteiger partial charge is 0.377 e. The van der Waals surface area contributed by atoms with Crippen LogP contribution in [0, 0.1) is 0 Å². The highest BCUT2D eigenvalue weighted by Gasteiger charge is 2.32. The van der Waals surface area contributed by atoms with Gasteiger partial charge in [-0.1, -0.05) is 12.1 Å². The molecule has 0 amide bonds. The average Bonchev–Trinajstić information content (AvgIpc) is 2.76. The smallest absolute Gasteiger partial charge is 0.129 e. The molecule has 0 bridgehead atoms. The molecule has 1 saturated heterocycles. The number of anilines is 2. The molecule has 20 heavy (non-hydrogen) atoms. The minimum Gasteiger partial charge on any atom is -0.377 e. The van der Waals surface area contributed by atoms with Crippen LogP contribution in [0.4, 0.5) is 11.5 Å². The molecule has 0 N–H and O–H groups in total. The molecule has 106 valence electrons. The minimum atomic E-state index is 0.222. The number of fused-ring (bicyclic) bond motifs is 1. The van der Waals surface area contributed by atoms with Gasteiger partial charge in [-0.25, -0.2) is 4.98 Å². The van der Waals surface area contributed by atoms with Gasteiger partial charge in [-0.3, -0.25) is 0 Å². The van der Waals surface area contributed by atoms with Gasteiger partial charge in [0.15, 0.2) is 0 Å². The molecule has 0 atom stereocenters. The SMILES string of the molecule is CN(C)c1cccc2cc(N3CCCC3(C)C)ncc12. The normalized spacial score (nSPS) is 17.7. The summed E-state index contributed by atoms with van der Waals surface area (Å²) >= 11 is 0. The first-order chi connectivity index (χ1) is 9.49. The molecule has 1 aromatic heterocycles. The first-order valence-corrected chi connectivity index (χ1v) is 7.33. The minimum absolute atomic E-state index is 0.222. The Bertz CT molecular complexity index is 631. The molecule has 0 spiro atoms. The van der Waals surface area contributed by atoms with Crippen molar-refractivity contribution in [1.82, 2.24) is 4.98 Å². The molecule has 3 nitrogen and oxygen atoms in total. The second-order valence-electron chi connectivity index (χ2n) is 6.50. The van der Waals surface area contributed by atoms with Gasteiger partial charge in [-0.2, -0.15) is 0 Å². The molecule has 0 aliphatic carbocycles. The molecular weight excluding hydrogens is 246 g/mol. The van der Waals surface area contributed by atoms with Crippen LogP contribution >= 0.6 is 0 Å². The van der Waals surface area contributed by atoms with Gasteiger partial charge in [-0.15, -0.1) is 0 Å². The van der Waals surface area contributed by atoms with Gasteiger partial charge >= 0.3 is 0 Å². The molecule has 2 heterocycles. The van der Waals surface area contributed by atoms with E-state index in [1.807, 2.05) is 6.20 Å². The summed E-state index contributed by atoms with van der Waals surface area (Å²) in [6.45, 7) is 5.73. The van der Waals surface area contributed by atoms with Gasteiger partial charge in [0.25, 0.3) is 0 Å². The molecule has 0 saturated carbocycles. The van der Waals surface area contributed by atoms with Gasteiger partial charge in [0, 0.05) is 43.4 Å². The summed E-state index contributed by atoms with van der Waals surface area (Å²) in [5, 5.41) is 2.49. The maximum absolute atomic E-state index is 4.73. The van der Waals surface area contributed by atoms with Gasteiger partial charge in [0.05, 0.1) is 0 Å². The lowest BCUT2D eigenvalue weighted by Crippen LogP contribution is -2.38. The van der Waals surface area contributed by atoms with E-state index >= 15 is 0 Å². The third kappa shape index (κ3) is 2.11. The van der Waals surface area contributed by atoms with Crippen molar-refractivity contribution in [3.8, 4) is 0 Å². The number of hydrogen-bond donors (Lipinski definition) is 0. The standard InChI is InChI=1S/C17H23N3/c1-17(2)9-6-10-20(17)16-11-13-7-5-8-15(19(3)4)14(13)12-18-16/h5,7-8,11-12H,6,9-10H2,1-4H3. The zero-order valence-electron chi connectivity index (χ0n) is 12.8. The van der Waals surface area contributed by atoms with Crippen LogP contribution in [0.1, 0.15) is 26.7 Å². The van der Waals surface area contributed by atoms with Crippen LogP contribution < -0.4 is 9.80 Å². The third-order valence-corrected chi connectivity index (χ3v) is 4.39. The summed E-state index contributed by atoms with van der Waals surface area (Å²) in [6.07, 6.45) is 4.52. The van der Waals surface area contributed by atoms with Crippen LogP contribution in [0.3, 0.4) is 0 Å². The van der Waals surface area contributed by atoms with Crippen molar-refractivity contribution >= 4 is 22.3 Å². The number of rotatable bonds is 2. The lowest BCUT2D eigenvalue weighted by molar-refractivity contribution is 0.514. The molecule has 0 unspecified atom stereocenters. The Balaban J connectivity index is 2.08. The first-order valence-electron chi connectivity index (χ1n) is 7.33. The second kappa shape index (κ2) is 4.65. The van der Waals surface area contributed by atoms with Gasteiger partial charge in [-0.05, 0) is 44.2 Å². The topological polar surface area (TPSA) is 19.4 Å². The highest BCUT2D eigenvalue weighted by molar-refractivity contribution is 5.94. The summed E-state index contributed by atoms with van der Waals surface area (Å²) in [7, 11) is 4.15. The Morgan fingerprint density at radius 2 is 2.05 bits per heavy atom. The Morgan fingerprint density at radius 3 is 2.70 bits per heavy atom. The van der Waals surface area contributed by atoms with Crippen molar-refractivity contribution in [3.05, 3.63) is 30.5 Å². The van der Waals surface area contributed by atoms with Crippen molar-refractivity contribution in [3.63, 3.8) is 0 Å². The molecular formula is C17H23N3. The Hall–Kier alpha value is -1.77. The number of hydrogen-bond acceptors (Lipinski definition) is 3. The monoisotopic (exact) mass is 269 g/mol. The molecule has 3 heteroatoms. The van der Waals surface area contributed by atoms with Crippen LogP contribution in [-0.2, 0) is 0 Å². The first kappa shape index (κ1) is 13.2. The van der Waals surface area contributed by atoms with Crippen LogP contribution in [0.25, 0.3) is 10.8 Å². The molecule has 3 rings (SSSR count). The van der Waals surface area contributed by atoms with Crippen molar-refractivity contribution in [2.45, 2.75) is 32.2 Å². The van der Waals surface area contributed by atoms with Crippen molar-refractivity contribution < 1.29 is 0 Å². The predicted octanol–water partition coefficient (Wildman–Crippen LogP) is 3.68. The Kier molecular flexibility index (Phi) is 3.08. The summed E-state index contributed by atoms with van der Waals surface area (Å²) < 4.78 is 0. The highest BCUT2D eigenvalue weighted by Crippen LogP contribution is 2.34. The van der Waals surface area contributed by atoms with E-state index in [0.717, 1.165) is 12.4 Å². The van der Waals surface area contributed by atoms with Gasteiger partial charge < -0.3 is 9.80 Å². The van der Waals surface area contributed by atoms with E-state index < -0.39 is 0 Å². The fraction of sp³-hybridized carbons (Fsp3) is 0.471. The molecule has 1 aromatic carbocycles. The van der Waals surface area contributed by atoms with E-state index in [0.29, 0.717) is 0 Å². The van der Waals surface area contributed by atoms with Crippen molar-refractivity contribution in [2.24, 2.45) is 0 Å². The third-order valence-electron chi connectivity index (χ3n) is 4.39. The van der Waals surface area contributed by atoms with E-state index in [1.54, 1.807) is 0 Å². The molecule has 1 fully saturated rings. The second-order valence-corrected chi connectivity index (χ2v) is 6.50. The summed E-state index contributed by atoms with van der Waals surface area (Å²) in [6, 6.07) is 8.67. The predicted molar refractivity (Wildman–Crippen MR) is 86.7 cm³/mol. The highest BCUT2D eigenvalue weighted by atomic mass is 15.3. The molecule has 1 aliphatic heterocycles. The van der Waals surface area contributed by atoms with Crippen LogP contribution in [-0.4, -0.2) is 31.2 Å². The number of benzene rings is 1. The average molecular weight is 269 g/mol. The lowest BCUT2D eigenvalue weighted by Gasteiger charge is -2.32. The summed E-state index contributed by atoms with van der Waals surface area (Å²) in [4.78, 5) is 9.31. The lowest BCUT2D eigenvalue weighted by atomic mass is 10.0. The summed E-state index contributed by atoms with van der Waals surface area (Å²) in [5.74, 6) is 1.11. The maximum atomic E-state index is 4.73. The molecule has 0 radical (unpaired) electrons. The van der Waals surface area contributed by atoms with E-state index in [4.69, 9.17) is 4.98 Å². The quantitative estimate of drug-likeness (QED) is 0.829. The van der Waals surface area contributed by atoms with Crippen LogP contribution in [0.5, 0.6) is 0 Å². The van der Waals surface area contributed by atoms with E-state index in [-0.39, 0.29) is 5.54 Å². The number of pyridine rings is 1. The molecule has 2 aromatic rings. The number of aromatic nitrogens is 1. The summed E-state index contributed by atoms with van der Waals surface area (Å²) in [5.41, 5.74) is 1.45. The van der Waals surface area contributed by atoms with Crippen molar-refractivity contribution in [1.29, 1.82) is 0 Å². The zero-order valence-corrected chi connectivity index (χ0v) is 12.8. The Morgan fingerprint density at radius 1 is 1.25 bits per heavy atom. The fourth-order valence-corrected chi connectivity index (χ4v) is 3.21. The van der Waals surface area contributed by atoms with Crippen LogP contribution in [0.2, 0.25) is 0 Å². The van der Waals surface area contributed by atoms with E-state index in [2.05, 4.69) is 62.0 Å². The molecule has 1 aliphatic rings. The maximum Gasteiger partial charge on any atom is 0.129 e. The number of nitrogens with zero attached hydrogens (tertiary/aromatic N) is 3. The van der Waals surface area contributed by atoms with E-state index in [9.17, 15) is 0 Å². The van der Waals surface area contributed by atoms with Crippen LogP contribution in [0.15, 0.2) is 30.5 Å². The fourth-order valence-electron chi connectivity index (χ4n) is 3.21. The van der Waals surface area contributed by atoms with Crippen molar-refractivity contribution in [2.75, 3.05) is 30.4 Å². The van der Waals surface area contributed by atoms with Gasteiger partial charge in [0.2, 0.25) is 0 Å². The van der Waals surface area contributed by atoms with E-state index in [1.165, 1.54) is 29.3 Å². The van der Waals surface area contributed by atoms with Gasteiger partial charge in [0.1, 0.15) is 5.82 Å². The zero-order chi connectivity index (χ0) is 14.3. The Labute approximate surface area is 121 Å².